The summed E-state index contributed by atoms with van der Waals surface area (Å²) in [5.41, 5.74) is 0.923. The van der Waals surface area contributed by atoms with Crippen LogP contribution in [-0.2, 0) is 4.74 Å². The summed E-state index contributed by atoms with van der Waals surface area (Å²) in [5.74, 6) is 1.50. The molecule has 1 unspecified atom stereocenters. The molecule has 0 saturated carbocycles. The van der Waals surface area contributed by atoms with E-state index in [4.69, 9.17) is 9.84 Å². The second-order valence-corrected chi connectivity index (χ2v) is 4.06. The van der Waals surface area contributed by atoms with Gasteiger partial charge in [0.25, 0.3) is 0 Å². The molecule has 1 aromatic heterocycles. The van der Waals surface area contributed by atoms with Crippen molar-refractivity contribution in [2.75, 3.05) is 43.6 Å². The van der Waals surface area contributed by atoms with E-state index in [0.717, 1.165) is 18.1 Å². The first kappa shape index (κ1) is 12.1. The molecule has 2 rings (SSSR count). The molecule has 1 saturated heterocycles. The van der Waals surface area contributed by atoms with Crippen LogP contribution >= 0.6 is 0 Å². The first-order valence-corrected chi connectivity index (χ1v) is 5.73. The van der Waals surface area contributed by atoms with Crippen LogP contribution in [0.2, 0.25) is 0 Å². The number of hydrogen-bond acceptors (Lipinski definition) is 6. The zero-order valence-corrected chi connectivity index (χ0v) is 10.2. The van der Waals surface area contributed by atoms with Crippen LogP contribution in [0.4, 0.5) is 11.8 Å². The Hall–Kier alpha value is -1.40. The molecule has 2 N–H and O–H groups in total. The number of anilines is 2. The SMILES string of the molecule is CNc1nc(C)cc(N2CCOC(CO)C2)n1. The predicted molar refractivity (Wildman–Crippen MR) is 65.4 cm³/mol. The third-order valence-corrected chi connectivity index (χ3v) is 2.73. The average Bonchev–Trinajstić information content (AvgIpc) is 2.38. The number of nitrogens with one attached hydrogen (secondary N) is 1. The van der Waals surface area contributed by atoms with Crippen LogP contribution in [0, 0.1) is 6.92 Å². The van der Waals surface area contributed by atoms with E-state index in [1.54, 1.807) is 7.05 Å². The predicted octanol–water partition coefficient (Wildman–Crippen LogP) is 0.0242. The Labute approximate surface area is 101 Å². The first-order valence-electron chi connectivity index (χ1n) is 5.73. The normalized spacial score (nSPS) is 20.4. The van der Waals surface area contributed by atoms with Crippen molar-refractivity contribution in [2.45, 2.75) is 13.0 Å². The molecule has 0 radical (unpaired) electrons. The molecule has 1 aliphatic heterocycles. The summed E-state index contributed by atoms with van der Waals surface area (Å²) < 4.78 is 5.41. The van der Waals surface area contributed by atoms with Crippen molar-refractivity contribution in [3.63, 3.8) is 0 Å². The summed E-state index contributed by atoms with van der Waals surface area (Å²) in [7, 11) is 1.80. The van der Waals surface area contributed by atoms with Crippen LogP contribution in [0.1, 0.15) is 5.69 Å². The maximum absolute atomic E-state index is 9.11. The summed E-state index contributed by atoms with van der Waals surface area (Å²) in [6, 6.07) is 1.95. The molecule has 17 heavy (non-hydrogen) atoms. The summed E-state index contributed by atoms with van der Waals surface area (Å²) in [4.78, 5) is 10.8. The Balaban J connectivity index is 2.18. The highest BCUT2D eigenvalue weighted by Gasteiger charge is 2.21. The molecule has 0 spiro atoms. The first-order chi connectivity index (χ1) is 8.22. The van der Waals surface area contributed by atoms with Crippen LogP contribution in [0.3, 0.4) is 0 Å². The van der Waals surface area contributed by atoms with Gasteiger partial charge in [-0.25, -0.2) is 4.98 Å². The van der Waals surface area contributed by atoms with Crippen LogP contribution in [0.25, 0.3) is 0 Å². The van der Waals surface area contributed by atoms with E-state index >= 15 is 0 Å². The van der Waals surface area contributed by atoms with Crippen LogP contribution < -0.4 is 10.2 Å². The van der Waals surface area contributed by atoms with Gasteiger partial charge in [-0.05, 0) is 6.92 Å². The molecule has 1 fully saturated rings. The largest absolute Gasteiger partial charge is 0.394 e. The summed E-state index contributed by atoms with van der Waals surface area (Å²) >= 11 is 0. The van der Waals surface area contributed by atoms with Gasteiger partial charge in [0.1, 0.15) is 5.82 Å². The fraction of sp³-hybridized carbons (Fsp3) is 0.636. The van der Waals surface area contributed by atoms with Crippen LogP contribution in [0.5, 0.6) is 0 Å². The number of ether oxygens (including phenoxy) is 1. The second-order valence-electron chi connectivity index (χ2n) is 4.06. The van der Waals surface area contributed by atoms with Gasteiger partial charge in [-0.3, -0.25) is 0 Å². The number of hydrogen-bond donors (Lipinski definition) is 2. The zero-order valence-electron chi connectivity index (χ0n) is 10.2. The van der Waals surface area contributed by atoms with Gasteiger partial charge in [0.15, 0.2) is 0 Å². The van der Waals surface area contributed by atoms with Crippen molar-refractivity contribution in [2.24, 2.45) is 0 Å². The highest BCUT2D eigenvalue weighted by Crippen LogP contribution is 2.17. The van der Waals surface area contributed by atoms with Crippen molar-refractivity contribution in [1.29, 1.82) is 0 Å². The number of nitrogens with zero attached hydrogens (tertiary/aromatic N) is 3. The van der Waals surface area contributed by atoms with Gasteiger partial charge >= 0.3 is 0 Å². The summed E-state index contributed by atoms with van der Waals surface area (Å²) in [5, 5.41) is 12.1. The number of aliphatic hydroxyl groups excluding tert-OH is 1. The minimum atomic E-state index is -0.128. The number of morpholine rings is 1. The molecule has 1 aromatic rings. The standard InChI is InChI=1S/C11H18N4O2/c1-8-5-10(14-11(12-2)13-8)15-3-4-17-9(6-15)7-16/h5,9,16H,3-4,6-7H2,1-2H3,(H,12,13,14). The Bertz CT molecular complexity index is 386. The highest BCUT2D eigenvalue weighted by molar-refractivity contribution is 5.45. The second kappa shape index (κ2) is 5.29. The molecule has 6 nitrogen and oxygen atoms in total. The number of aliphatic hydroxyl groups is 1. The molecule has 0 aliphatic carbocycles. The maximum Gasteiger partial charge on any atom is 0.224 e. The fourth-order valence-corrected chi connectivity index (χ4v) is 1.86. The Morgan fingerprint density at radius 1 is 1.59 bits per heavy atom. The third kappa shape index (κ3) is 2.83. The number of rotatable bonds is 3. The van der Waals surface area contributed by atoms with E-state index in [1.807, 2.05) is 13.0 Å². The smallest absolute Gasteiger partial charge is 0.224 e. The van der Waals surface area contributed by atoms with Crippen LogP contribution in [0.15, 0.2) is 6.07 Å². The van der Waals surface area contributed by atoms with E-state index in [-0.39, 0.29) is 12.7 Å². The lowest BCUT2D eigenvalue weighted by atomic mass is 10.2. The van der Waals surface area contributed by atoms with Crippen molar-refractivity contribution in [3.8, 4) is 0 Å². The Morgan fingerprint density at radius 2 is 2.41 bits per heavy atom. The van der Waals surface area contributed by atoms with E-state index in [2.05, 4.69) is 20.2 Å². The van der Waals surface area contributed by atoms with Gasteiger partial charge in [-0.2, -0.15) is 4.98 Å². The van der Waals surface area contributed by atoms with E-state index in [1.165, 1.54) is 0 Å². The lowest BCUT2D eigenvalue weighted by Crippen LogP contribution is -2.44. The molecule has 1 aliphatic rings. The van der Waals surface area contributed by atoms with Crippen LogP contribution in [-0.4, -0.2) is 54.5 Å². The molecule has 6 heteroatoms. The van der Waals surface area contributed by atoms with E-state index < -0.39 is 0 Å². The van der Waals surface area contributed by atoms with Gasteiger partial charge < -0.3 is 20.1 Å². The monoisotopic (exact) mass is 238 g/mol. The zero-order chi connectivity index (χ0) is 12.3. The summed E-state index contributed by atoms with van der Waals surface area (Å²) in [6.07, 6.45) is -0.128. The fourth-order valence-electron chi connectivity index (χ4n) is 1.86. The molecule has 0 bridgehead atoms. The van der Waals surface area contributed by atoms with Gasteiger partial charge in [-0.1, -0.05) is 0 Å². The average molecular weight is 238 g/mol. The molecule has 1 atom stereocenters. The number of aromatic nitrogens is 2. The minimum Gasteiger partial charge on any atom is -0.394 e. The number of aryl methyl sites for hydroxylation is 1. The molecule has 2 heterocycles. The Kier molecular flexibility index (Phi) is 3.75. The van der Waals surface area contributed by atoms with Gasteiger partial charge in [0, 0.05) is 31.9 Å². The van der Waals surface area contributed by atoms with Crippen molar-refractivity contribution < 1.29 is 9.84 Å². The quantitative estimate of drug-likeness (QED) is 0.774. The van der Waals surface area contributed by atoms with Crippen molar-refractivity contribution in [3.05, 3.63) is 11.8 Å². The highest BCUT2D eigenvalue weighted by atomic mass is 16.5. The van der Waals surface area contributed by atoms with Crippen molar-refractivity contribution >= 4 is 11.8 Å². The summed E-state index contributed by atoms with van der Waals surface area (Å²) in [6.45, 7) is 4.05. The van der Waals surface area contributed by atoms with E-state index in [0.29, 0.717) is 19.1 Å². The molecule has 94 valence electrons. The van der Waals surface area contributed by atoms with Crippen molar-refractivity contribution in [1.82, 2.24) is 9.97 Å². The molecule has 0 amide bonds. The third-order valence-electron chi connectivity index (χ3n) is 2.73. The maximum atomic E-state index is 9.11. The lowest BCUT2D eigenvalue weighted by Gasteiger charge is -2.33. The Morgan fingerprint density at radius 3 is 3.12 bits per heavy atom. The van der Waals surface area contributed by atoms with Gasteiger partial charge in [0.2, 0.25) is 5.95 Å². The molecule has 0 aromatic carbocycles. The van der Waals surface area contributed by atoms with Gasteiger partial charge in [-0.15, -0.1) is 0 Å². The van der Waals surface area contributed by atoms with E-state index in [9.17, 15) is 0 Å². The topological polar surface area (TPSA) is 70.5 Å². The minimum absolute atomic E-state index is 0.0411. The lowest BCUT2D eigenvalue weighted by molar-refractivity contribution is 0.00336. The molecular weight excluding hydrogens is 220 g/mol. The molecular formula is C11H18N4O2. The van der Waals surface area contributed by atoms with Gasteiger partial charge in [0.05, 0.1) is 19.3 Å².